The van der Waals surface area contributed by atoms with Gasteiger partial charge in [-0.25, -0.2) is 0 Å². The number of aromatic hydroxyl groups is 1. The highest BCUT2D eigenvalue weighted by Gasteiger charge is 2.16. The van der Waals surface area contributed by atoms with Gasteiger partial charge in [0.2, 0.25) is 0 Å². The Balaban J connectivity index is 0.000000749. The number of carboxylic acid groups (broad SMARTS) is 2. The predicted octanol–water partition coefficient (Wildman–Crippen LogP) is 5.04. The minimum atomic E-state index is -1.02. The Morgan fingerprint density at radius 1 is 1.00 bits per heavy atom. The topological polar surface area (TPSA) is 130 Å². The van der Waals surface area contributed by atoms with E-state index in [1.165, 1.54) is 0 Å². The van der Waals surface area contributed by atoms with Gasteiger partial charge in [-0.05, 0) is 127 Å². The molecule has 0 amide bonds. The van der Waals surface area contributed by atoms with E-state index in [-0.39, 0.29) is 18.6 Å². The van der Waals surface area contributed by atoms with Crippen molar-refractivity contribution in [2.24, 2.45) is 5.73 Å². The van der Waals surface area contributed by atoms with Crippen LogP contribution in [-0.4, -0.2) is 33.3 Å². The van der Waals surface area contributed by atoms with Crippen molar-refractivity contribution < 1.29 is 29.6 Å². The monoisotopic (exact) mass is 851 g/mol. The number of hydrogen-bond donors (Lipinski definition) is 4. The molecule has 0 saturated carbocycles. The second-order valence-corrected chi connectivity index (χ2v) is 10.3. The molecule has 0 bridgehead atoms. The van der Waals surface area contributed by atoms with Gasteiger partial charge in [-0.2, -0.15) is 0 Å². The van der Waals surface area contributed by atoms with Crippen molar-refractivity contribution in [3.63, 3.8) is 0 Å². The van der Waals surface area contributed by atoms with Crippen LogP contribution in [0.2, 0.25) is 0 Å². The van der Waals surface area contributed by atoms with E-state index >= 15 is 0 Å². The molecule has 2 rings (SSSR count). The van der Waals surface area contributed by atoms with Crippen LogP contribution in [0.15, 0.2) is 24.3 Å². The molecule has 11 heteroatoms. The average molecular weight is 851 g/mol. The molecule has 5 N–H and O–H groups in total. The fraction of sp³-hybridized carbons (Fsp3) is 0.222. The van der Waals surface area contributed by atoms with Crippen molar-refractivity contribution in [2.75, 3.05) is 0 Å². The van der Waals surface area contributed by atoms with Gasteiger partial charge in [0.05, 0.1) is 14.3 Å². The van der Waals surface area contributed by atoms with E-state index in [9.17, 15) is 14.7 Å². The summed E-state index contributed by atoms with van der Waals surface area (Å²) in [6, 6.07) is 6.34. The van der Waals surface area contributed by atoms with Gasteiger partial charge >= 0.3 is 11.9 Å². The molecule has 2 aromatic carbocycles. The third kappa shape index (κ3) is 8.86. The van der Waals surface area contributed by atoms with Crippen LogP contribution in [-0.2, 0) is 16.0 Å². The Morgan fingerprint density at radius 3 is 1.83 bits per heavy atom. The van der Waals surface area contributed by atoms with Crippen molar-refractivity contribution in [1.29, 1.82) is 0 Å². The van der Waals surface area contributed by atoms with Crippen LogP contribution in [0, 0.1) is 14.3 Å². The van der Waals surface area contributed by atoms with Crippen LogP contribution in [0.1, 0.15) is 18.9 Å². The first-order valence-corrected chi connectivity index (χ1v) is 12.3. The maximum atomic E-state index is 10.9. The number of phenolic OH excluding ortho intramolecular Hbond substituents is 1. The molecule has 158 valence electrons. The van der Waals surface area contributed by atoms with Crippen molar-refractivity contribution >= 4 is 102 Å². The summed E-state index contributed by atoms with van der Waals surface area (Å²) < 4.78 is 9.14. The maximum absolute atomic E-state index is 10.9. The van der Waals surface area contributed by atoms with Gasteiger partial charge in [0.25, 0.3) is 0 Å². The Morgan fingerprint density at radius 2 is 1.45 bits per heavy atom. The second-order valence-electron chi connectivity index (χ2n) is 5.62. The lowest BCUT2D eigenvalue weighted by molar-refractivity contribution is -0.138. The quantitative estimate of drug-likeness (QED) is 0.300. The smallest absolute Gasteiger partial charge is 0.320 e. The Hall–Kier alpha value is -0.140. The SMILES string of the molecule is CCC(=O)O.NC(Cc1cc(I)c(Oc2cc(I)c(O)c(I)c2)c(I)c1)C(=O)O. The number of ether oxygens (including phenoxy) is 1. The molecule has 0 spiro atoms. The lowest BCUT2D eigenvalue weighted by Gasteiger charge is -2.14. The number of aliphatic carboxylic acids is 2. The molecular formula is C18H17I4NO6. The molecule has 7 nitrogen and oxygen atoms in total. The van der Waals surface area contributed by atoms with E-state index in [4.69, 9.17) is 20.7 Å². The Kier molecular flexibility index (Phi) is 11.7. The van der Waals surface area contributed by atoms with E-state index in [2.05, 4.69) is 90.4 Å². The summed E-state index contributed by atoms with van der Waals surface area (Å²) in [5, 5.41) is 26.5. The molecule has 2 aromatic rings. The molecule has 0 fully saturated rings. The number of carbonyl (C=O) groups is 2. The lowest BCUT2D eigenvalue weighted by Crippen LogP contribution is -2.32. The van der Waals surface area contributed by atoms with E-state index in [0.29, 0.717) is 18.6 Å². The molecule has 1 unspecified atom stereocenters. The second kappa shape index (κ2) is 12.7. The highest BCUT2D eigenvalue weighted by atomic mass is 127. The van der Waals surface area contributed by atoms with E-state index < -0.39 is 18.0 Å². The van der Waals surface area contributed by atoms with Gasteiger partial charge in [0, 0.05) is 6.42 Å². The highest BCUT2D eigenvalue weighted by molar-refractivity contribution is 14.1. The number of phenols is 1. The predicted molar refractivity (Wildman–Crippen MR) is 143 cm³/mol. The van der Waals surface area contributed by atoms with Crippen LogP contribution in [0.5, 0.6) is 17.2 Å². The highest BCUT2D eigenvalue weighted by Crippen LogP contribution is 2.36. The van der Waals surface area contributed by atoms with Gasteiger partial charge in [0.15, 0.2) is 5.75 Å². The first kappa shape index (κ1) is 26.9. The summed E-state index contributed by atoms with van der Waals surface area (Å²) >= 11 is 8.42. The molecule has 0 aliphatic carbocycles. The van der Waals surface area contributed by atoms with Gasteiger partial charge in [-0.3, -0.25) is 9.59 Å². The fourth-order valence-electron chi connectivity index (χ4n) is 1.89. The number of nitrogens with two attached hydrogens (primary N) is 1. The summed E-state index contributed by atoms with van der Waals surface area (Å²) in [5.74, 6) is -0.196. The molecule has 0 radical (unpaired) electrons. The molecule has 0 saturated heterocycles. The molecule has 29 heavy (non-hydrogen) atoms. The average Bonchev–Trinajstić information content (AvgIpc) is 2.63. The van der Waals surface area contributed by atoms with Gasteiger partial charge in [0.1, 0.15) is 17.5 Å². The summed E-state index contributed by atoms with van der Waals surface area (Å²) in [4.78, 5) is 20.3. The zero-order chi connectivity index (χ0) is 22.3. The van der Waals surface area contributed by atoms with E-state index in [1.807, 2.05) is 12.1 Å². The van der Waals surface area contributed by atoms with Gasteiger partial charge in [-0.1, -0.05) is 6.92 Å². The summed E-state index contributed by atoms with van der Waals surface area (Å²) in [7, 11) is 0. The largest absolute Gasteiger partial charge is 0.506 e. The number of hydrogen-bond acceptors (Lipinski definition) is 5. The summed E-state index contributed by atoms with van der Waals surface area (Å²) in [5.41, 5.74) is 6.44. The minimum Gasteiger partial charge on any atom is -0.506 e. The normalized spacial score (nSPS) is 11.2. The van der Waals surface area contributed by atoms with E-state index in [0.717, 1.165) is 12.7 Å². The summed E-state index contributed by atoms with van der Waals surface area (Å²) in [6.45, 7) is 1.60. The van der Waals surface area contributed by atoms with Crippen LogP contribution < -0.4 is 10.5 Å². The van der Waals surface area contributed by atoms with Crippen LogP contribution in [0.4, 0.5) is 0 Å². The number of rotatable bonds is 6. The number of carboxylic acids is 2. The Labute approximate surface area is 222 Å². The van der Waals surface area contributed by atoms with Crippen molar-refractivity contribution in [1.82, 2.24) is 0 Å². The molecular weight excluding hydrogens is 834 g/mol. The van der Waals surface area contributed by atoms with Crippen LogP contribution in [0.3, 0.4) is 0 Å². The van der Waals surface area contributed by atoms with Gasteiger partial charge in [-0.15, -0.1) is 0 Å². The molecule has 1 atom stereocenters. The fourth-order valence-corrected chi connectivity index (χ4v) is 5.72. The first-order chi connectivity index (χ1) is 13.5. The molecule has 0 aliphatic rings. The van der Waals surface area contributed by atoms with Crippen molar-refractivity contribution in [2.45, 2.75) is 25.8 Å². The third-order valence-corrected chi connectivity index (χ3v) is 6.59. The van der Waals surface area contributed by atoms with Crippen molar-refractivity contribution in [3.05, 3.63) is 44.1 Å². The Bertz CT molecular complexity index is 860. The van der Waals surface area contributed by atoms with E-state index in [1.54, 1.807) is 19.1 Å². The summed E-state index contributed by atoms with van der Waals surface area (Å²) in [6.07, 6.45) is 0.483. The number of benzene rings is 2. The number of halogens is 4. The standard InChI is InChI=1S/C15H11I4NO4.C3H6O2/c16-8-4-7(5-9(17)13(8)21)24-14-10(18)1-6(2-11(14)19)3-12(20)15(22)23;1-2-3(4)5/h1-2,4-5,12,21H,3,20H2,(H,22,23);2H2,1H3,(H,4,5). The van der Waals surface area contributed by atoms with Crippen molar-refractivity contribution in [3.8, 4) is 17.2 Å². The van der Waals surface area contributed by atoms with Gasteiger partial charge < -0.3 is 25.8 Å². The lowest BCUT2D eigenvalue weighted by atomic mass is 10.1. The molecule has 0 aromatic heterocycles. The zero-order valence-corrected chi connectivity index (χ0v) is 23.6. The first-order valence-electron chi connectivity index (χ1n) is 8.00. The molecule has 0 heterocycles. The van der Waals surface area contributed by atoms with Crippen LogP contribution in [0.25, 0.3) is 0 Å². The van der Waals surface area contributed by atoms with Crippen LogP contribution >= 0.6 is 90.4 Å². The third-order valence-electron chi connectivity index (χ3n) is 3.34. The minimum absolute atomic E-state index is 0.222. The maximum Gasteiger partial charge on any atom is 0.320 e. The zero-order valence-electron chi connectivity index (χ0n) is 15.0. The molecule has 0 aliphatic heterocycles.